The van der Waals surface area contributed by atoms with Gasteiger partial charge in [0.1, 0.15) is 16.3 Å². The fourth-order valence-corrected chi connectivity index (χ4v) is 2.20. The fourth-order valence-electron chi connectivity index (χ4n) is 1.41. The van der Waals surface area contributed by atoms with Crippen molar-refractivity contribution in [2.24, 2.45) is 0 Å². The van der Waals surface area contributed by atoms with Gasteiger partial charge in [-0.3, -0.25) is 4.79 Å². The van der Waals surface area contributed by atoms with Crippen LogP contribution in [0.15, 0.2) is 18.3 Å². The van der Waals surface area contributed by atoms with E-state index in [1.54, 1.807) is 6.92 Å². The maximum absolute atomic E-state index is 11.9. The summed E-state index contributed by atoms with van der Waals surface area (Å²) >= 11 is 0.915. The van der Waals surface area contributed by atoms with Crippen LogP contribution in [0.5, 0.6) is 0 Å². The number of carbonyl (C=O) groups is 2. The number of nitrogens with one attached hydrogen (secondary N) is 1. The highest BCUT2D eigenvalue weighted by Crippen LogP contribution is 2.24. The molecule has 0 unspecified atom stereocenters. The molecule has 2 heterocycles. The van der Waals surface area contributed by atoms with E-state index >= 15 is 0 Å². The van der Waals surface area contributed by atoms with E-state index in [4.69, 9.17) is 10.8 Å². The highest BCUT2D eigenvalue weighted by molar-refractivity contribution is 7.11. The molecule has 2 aromatic rings. The third kappa shape index (κ3) is 2.68. The van der Waals surface area contributed by atoms with Crippen LogP contribution in [0.2, 0.25) is 0 Å². The van der Waals surface area contributed by atoms with Crippen molar-refractivity contribution in [3.05, 3.63) is 35.3 Å². The maximum atomic E-state index is 11.9. The second kappa shape index (κ2) is 5.02. The Kier molecular flexibility index (Phi) is 3.43. The Labute approximate surface area is 112 Å². The van der Waals surface area contributed by atoms with E-state index < -0.39 is 11.9 Å². The number of nitrogen functional groups attached to an aromatic ring is 1. The summed E-state index contributed by atoms with van der Waals surface area (Å²) in [4.78, 5) is 26.8. The highest BCUT2D eigenvalue weighted by Gasteiger charge is 2.20. The number of carboxylic acids is 1. The average molecular weight is 278 g/mol. The summed E-state index contributed by atoms with van der Waals surface area (Å²) < 4.78 is 3.90. The summed E-state index contributed by atoms with van der Waals surface area (Å²) in [6, 6.07) is 3.00. The summed E-state index contributed by atoms with van der Waals surface area (Å²) in [5, 5.41) is 11.7. The monoisotopic (exact) mass is 278 g/mol. The van der Waals surface area contributed by atoms with E-state index in [1.807, 2.05) is 0 Å². The number of hydrogen-bond donors (Lipinski definition) is 3. The zero-order chi connectivity index (χ0) is 14.0. The van der Waals surface area contributed by atoms with E-state index in [0.29, 0.717) is 11.4 Å². The molecule has 8 heteroatoms. The number of aromatic carboxylic acids is 1. The molecular weight excluding hydrogens is 268 g/mol. The number of nitrogens with zero attached hydrogens (tertiary/aromatic N) is 2. The molecule has 1 amide bonds. The first kappa shape index (κ1) is 13.0. The lowest BCUT2D eigenvalue weighted by molar-refractivity contribution is 0.0697. The molecule has 7 nitrogen and oxygen atoms in total. The number of anilines is 2. The van der Waals surface area contributed by atoms with Gasteiger partial charge >= 0.3 is 5.97 Å². The first-order valence-corrected chi connectivity index (χ1v) is 5.99. The molecule has 0 aliphatic rings. The normalized spacial score (nSPS) is 10.2. The summed E-state index contributed by atoms with van der Waals surface area (Å²) in [5.74, 6) is -1.64. The van der Waals surface area contributed by atoms with E-state index in [2.05, 4.69) is 14.7 Å². The van der Waals surface area contributed by atoms with Crippen molar-refractivity contribution in [1.82, 2.24) is 9.36 Å². The Hall–Kier alpha value is -2.48. The van der Waals surface area contributed by atoms with Crippen molar-refractivity contribution in [1.29, 1.82) is 0 Å². The van der Waals surface area contributed by atoms with Gasteiger partial charge in [0.05, 0.1) is 17.6 Å². The molecule has 0 saturated carbocycles. The minimum absolute atomic E-state index is 0.00575. The van der Waals surface area contributed by atoms with Crippen molar-refractivity contribution < 1.29 is 14.7 Å². The highest BCUT2D eigenvalue weighted by atomic mass is 32.1. The predicted octanol–water partition coefficient (Wildman–Crippen LogP) is 1.38. The summed E-state index contributed by atoms with van der Waals surface area (Å²) in [6.45, 7) is 1.57. The molecule has 2 rings (SSSR count). The molecule has 4 N–H and O–H groups in total. The maximum Gasteiger partial charge on any atom is 0.340 e. The summed E-state index contributed by atoms with van der Waals surface area (Å²) in [7, 11) is 0. The number of carbonyl (C=O) groups excluding carboxylic acids is 1. The summed E-state index contributed by atoms with van der Waals surface area (Å²) in [5.41, 5.74) is 6.41. The van der Waals surface area contributed by atoms with Crippen LogP contribution in [0, 0.1) is 6.92 Å². The molecule has 0 spiro atoms. The van der Waals surface area contributed by atoms with Gasteiger partial charge in [0.15, 0.2) is 0 Å². The van der Waals surface area contributed by atoms with E-state index in [0.717, 1.165) is 11.5 Å². The minimum atomic E-state index is -1.13. The van der Waals surface area contributed by atoms with Crippen LogP contribution in [0.25, 0.3) is 0 Å². The molecular formula is C11H10N4O3S. The SMILES string of the molecule is Cc1nsc(NC(=O)c2ccc(N)cn2)c1C(=O)O. The van der Waals surface area contributed by atoms with Crippen LogP contribution in [0.1, 0.15) is 26.5 Å². The number of amides is 1. The molecule has 98 valence electrons. The Balaban J connectivity index is 2.24. The smallest absolute Gasteiger partial charge is 0.340 e. The lowest BCUT2D eigenvalue weighted by Gasteiger charge is -2.03. The van der Waals surface area contributed by atoms with Crippen molar-refractivity contribution in [3.8, 4) is 0 Å². The van der Waals surface area contributed by atoms with Gasteiger partial charge in [-0.1, -0.05) is 0 Å². The van der Waals surface area contributed by atoms with Crippen molar-refractivity contribution >= 4 is 34.1 Å². The van der Waals surface area contributed by atoms with Gasteiger partial charge in [-0.25, -0.2) is 9.78 Å². The number of nitrogens with two attached hydrogens (primary N) is 1. The third-order valence-corrected chi connectivity index (χ3v) is 3.18. The molecule has 0 saturated heterocycles. The molecule has 0 aliphatic carbocycles. The van der Waals surface area contributed by atoms with Crippen LogP contribution in [0.3, 0.4) is 0 Å². The van der Waals surface area contributed by atoms with E-state index in [1.165, 1.54) is 18.3 Å². The Bertz CT molecular complexity index is 636. The van der Waals surface area contributed by atoms with Gasteiger partial charge in [-0.2, -0.15) is 4.37 Å². The van der Waals surface area contributed by atoms with Gasteiger partial charge in [0, 0.05) is 0 Å². The minimum Gasteiger partial charge on any atom is -0.478 e. The zero-order valence-electron chi connectivity index (χ0n) is 9.88. The first-order valence-electron chi connectivity index (χ1n) is 5.21. The molecule has 19 heavy (non-hydrogen) atoms. The number of hydrogen-bond acceptors (Lipinski definition) is 6. The molecule has 0 atom stereocenters. The number of aryl methyl sites for hydroxylation is 1. The van der Waals surface area contributed by atoms with Crippen molar-refractivity contribution in [2.45, 2.75) is 6.92 Å². The number of rotatable bonds is 3. The largest absolute Gasteiger partial charge is 0.478 e. The molecule has 0 aliphatic heterocycles. The van der Waals surface area contributed by atoms with E-state index in [9.17, 15) is 9.59 Å². The molecule has 2 aromatic heterocycles. The summed E-state index contributed by atoms with van der Waals surface area (Å²) in [6.07, 6.45) is 1.35. The van der Waals surface area contributed by atoms with E-state index in [-0.39, 0.29) is 16.3 Å². The van der Waals surface area contributed by atoms with Crippen LogP contribution >= 0.6 is 11.5 Å². The van der Waals surface area contributed by atoms with Crippen LogP contribution < -0.4 is 11.1 Å². The predicted molar refractivity (Wildman–Crippen MR) is 70.4 cm³/mol. The van der Waals surface area contributed by atoms with Gasteiger partial charge in [0.25, 0.3) is 5.91 Å². The molecule has 0 fully saturated rings. The quantitative estimate of drug-likeness (QED) is 0.780. The number of pyridine rings is 1. The lowest BCUT2D eigenvalue weighted by Crippen LogP contribution is -2.15. The van der Waals surface area contributed by atoms with Crippen LogP contribution in [-0.2, 0) is 0 Å². The average Bonchev–Trinajstić information content (AvgIpc) is 2.71. The molecule has 0 radical (unpaired) electrons. The fraction of sp³-hybridized carbons (Fsp3) is 0.0909. The number of carboxylic acid groups (broad SMARTS) is 1. The van der Waals surface area contributed by atoms with Gasteiger partial charge in [-0.15, -0.1) is 0 Å². The number of aromatic nitrogens is 2. The second-order valence-electron chi connectivity index (χ2n) is 3.71. The van der Waals surface area contributed by atoms with Gasteiger partial charge < -0.3 is 16.2 Å². The molecule has 0 bridgehead atoms. The van der Waals surface area contributed by atoms with Crippen LogP contribution in [-0.4, -0.2) is 26.3 Å². The first-order chi connectivity index (χ1) is 8.99. The Morgan fingerprint density at radius 1 is 1.42 bits per heavy atom. The van der Waals surface area contributed by atoms with Crippen LogP contribution in [0.4, 0.5) is 10.7 Å². The second-order valence-corrected chi connectivity index (χ2v) is 4.48. The third-order valence-electron chi connectivity index (χ3n) is 2.32. The van der Waals surface area contributed by atoms with Gasteiger partial charge in [0.2, 0.25) is 0 Å². The zero-order valence-corrected chi connectivity index (χ0v) is 10.7. The van der Waals surface area contributed by atoms with Gasteiger partial charge in [-0.05, 0) is 30.6 Å². The van der Waals surface area contributed by atoms with Crippen molar-refractivity contribution in [3.63, 3.8) is 0 Å². The Morgan fingerprint density at radius 2 is 2.16 bits per heavy atom. The standard InChI is InChI=1S/C11H10N4O3S/c1-5-8(11(17)18)10(19-15-5)14-9(16)7-3-2-6(12)4-13-7/h2-4H,12H2,1H3,(H,14,16)(H,17,18). The topological polar surface area (TPSA) is 118 Å². The lowest BCUT2D eigenvalue weighted by atomic mass is 10.2. The molecule has 0 aromatic carbocycles. The Morgan fingerprint density at radius 3 is 2.74 bits per heavy atom. The van der Waals surface area contributed by atoms with Crippen molar-refractivity contribution in [2.75, 3.05) is 11.1 Å².